The topological polar surface area (TPSA) is 58.6 Å². The molecule has 0 aliphatic carbocycles. The molecule has 2 aromatic rings. The van der Waals surface area contributed by atoms with Crippen molar-refractivity contribution in [3.8, 4) is 5.75 Å². The summed E-state index contributed by atoms with van der Waals surface area (Å²) < 4.78 is 5.20. The van der Waals surface area contributed by atoms with Crippen molar-refractivity contribution < 1.29 is 14.3 Å². The van der Waals surface area contributed by atoms with Crippen LogP contribution in [0.5, 0.6) is 5.75 Å². The summed E-state index contributed by atoms with van der Waals surface area (Å²) in [7, 11) is 5.59. The molecule has 0 saturated carbocycles. The number of ether oxygens (including phenoxy) is 1. The van der Waals surface area contributed by atoms with Crippen LogP contribution in [-0.2, 0) is 11.2 Å². The third-order valence-electron chi connectivity index (χ3n) is 4.88. The van der Waals surface area contributed by atoms with E-state index < -0.39 is 0 Å². The highest BCUT2D eigenvalue weighted by atomic mass is 16.5. The summed E-state index contributed by atoms with van der Waals surface area (Å²) in [4.78, 5) is 26.6. The molecule has 1 amide bonds. The second kappa shape index (κ2) is 10.6. The van der Waals surface area contributed by atoms with Crippen LogP contribution in [0.2, 0.25) is 0 Å². The third kappa shape index (κ3) is 6.20. The number of Topliss-reactive ketones (excluding diaryl/α,β-unsaturated/α-hetero) is 1. The molecule has 1 N–H and O–H groups in total. The van der Waals surface area contributed by atoms with E-state index in [-0.39, 0.29) is 30.6 Å². The van der Waals surface area contributed by atoms with Crippen LogP contribution >= 0.6 is 0 Å². The molecular formula is C23H30N2O3. The lowest BCUT2D eigenvalue weighted by Gasteiger charge is -2.25. The third-order valence-corrected chi connectivity index (χ3v) is 4.88. The van der Waals surface area contributed by atoms with Crippen molar-refractivity contribution in [2.75, 3.05) is 27.7 Å². The molecule has 150 valence electrons. The van der Waals surface area contributed by atoms with Crippen LogP contribution in [0.4, 0.5) is 0 Å². The number of methoxy groups -OCH3 is 1. The molecule has 0 bridgehead atoms. The number of rotatable bonds is 10. The molecule has 0 spiro atoms. The number of carbonyl (C=O) groups is 2. The Balaban J connectivity index is 1.85. The van der Waals surface area contributed by atoms with Gasteiger partial charge in [-0.1, -0.05) is 43.3 Å². The van der Waals surface area contributed by atoms with Gasteiger partial charge in [-0.2, -0.15) is 0 Å². The van der Waals surface area contributed by atoms with Crippen LogP contribution in [0.25, 0.3) is 0 Å². The average Bonchev–Trinajstić information content (AvgIpc) is 2.72. The lowest BCUT2D eigenvalue weighted by molar-refractivity contribution is -0.121. The van der Waals surface area contributed by atoms with Gasteiger partial charge < -0.3 is 15.0 Å². The summed E-state index contributed by atoms with van der Waals surface area (Å²) in [5.41, 5.74) is 2.95. The fraction of sp³-hybridized carbons (Fsp3) is 0.391. The van der Waals surface area contributed by atoms with Gasteiger partial charge in [0.2, 0.25) is 5.91 Å². The molecule has 0 saturated heterocycles. The minimum absolute atomic E-state index is 0.00267. The van der Waals surface area contributed by atoms with Gasteiger partial charge in [-0.3, -0.25) is 9.59 Å². The molecule has 5 nitrogen and oxygen atoms in total. The van der Waals surface area contributed by atoms with Crippen LogP contribution in [-0.4, -0.2) is 44.3 Å². The Kier molecular flexibility index (Phi) is 8.20. The van der Waals surface area contributed by atoms with E-state index in [1.54, 1.807) is 7.11 Å². The van der Waals surface area contributed by atoms with E-state index in [0.717, 1.165) is 17.7 Å². The summed E-state index contributed by atoms with van der Waals surface area (Å²) in [6.07, 6.45) is 1.35. The van der Waals surface area contributed by atoms with Gasteiger partial charge in [0.15, 0.2) is 5.78 Å². The molecular weight excluding hydrogens is 352 g/mol. The Morgan fingerprint density at radius 3 is 2.18 bits per heavy atom. The lowest BCUT2D eigenvalue weighted by atomic mass is 10.0. The van der Waals surface area contributed by atoms with Crippen molar-refractivity contribution in [2.24, 2.45) is 0 Å². The first kappa shape index (κ1) is 21.6. The molecule has 2 aromatic carbocycles. The van der Waals surface area contributed by atoms with Crippen LogP contribution < -0.4 is 10.1 Å². The highest BCUT2D eigenvalue weighted by Crippen LogP contribution is 2.20. The van der Waals surface area contributed by atoms with Crippen molar-refractivity contribution >= 4 is 11.7 Å². The van der Waals surface area contributed by atoms with Crippen LogP contribution in [0, 0.1) is 0 Å². The molecule has 0 radical (unpaired) electrons. The van der Waals surface area contributed by atoms with E-state index in [4.69, 9.17) is 4.74 Å². The largest absolute Gasteiger partial charge is 0.497 e. The Morgan fingerprint density at radius 1 is 1.00 bits per heavy atom. The fourth-order valence-electron chi connectivity index (χ4n) is 3.02. The first-order chi connectivity index (χ1) is 13.4. The van der Waals surface area contributed by atoms with Gasteiger partial charge in [-0.05, 0) is 43.8 Å². The van der Waals surface area contributed by atoms with Crippen molar-refractivity contribution in [1.29, 1.82) is 0 Å². The van der Waals surface area contributed by atoms with Gasteiger partial charge >= 0.3 is 0 Å². The van der Waals surface area contributed by atoms with E-state index in [1.165, 1.54) is 5.56 Å². The fourth-order valence-corrected chi connectivity index (χ4v) is 3.02. The average molecular weight is 383 g/mol. The van der Waals surface area contributed by atoms with Crippen LogP contribution in [0.15, 0.2) is 48.5 Å². The quantitative estimate of drug-likeness (QED) is 0.638. The molecule has 0 fully saturated rings. The molecule has 1 atom stereocenters. The zero-order valence-corrected chi connectivity index (χ0v) is 17.2. The Morgan fingerprint density at radius 2 is 1.64 bits per heavy atom. The number of benzene rings is 2. The number of carbonyl (C=O) groups excluding carboxylic acids is 2. The maximum atomic E-state index is 12.3. The predicted octanol–water partition coefficient (Wildman–Crippen LogP) is 3.64. The van der Waals surface area contributed by atoms with Gasteiger partial charge in [0, 0.05) is 24.9 Å². The number of hydrogen-bond acceptors (Lipinski definition) is 4. The van der Waals surface area contributed by atoms with E-state index in [0.29, 0.717) is 12.1 Å². The van der Waals surface area contributed by atoms with Crippen LogP contribution in [0.3, 0.4) is 0 Å². The summed E-state index contributed by atoms with van der Waals surface area (Å²) in [6.45, 7) is 2.56. The number of hydrogen-bond donors (Lipinski definition) is 1. The molecule has 2 rings (SSSR count). The minimum Gasteiger partial charge on any atom is -0.497 e. The maximum Gasteiger partial charge on any atom is 0.220 e. The molecule has 0 aromatic heterocycles. The number of aryl methyl sites for hydroxylation is 1. The van der Waals surface area contributed by atoms with Crippen molar-refractivity contribution in [3.63, 3.8) is 0 Å². The van der Waals surface area contributed by atoms with Crippen molar-refractivity contribution in [3.05, 3.63) is 65.2 Å². The Bertz CT molecular complexity index is 767. The first-order valence-electron chi connectivity index (χ1n) is 9.63. The summed E-state index contributed by atoms with van der Waals surface area (Å²) in [5.74, 6) is 0.687. The number of ketones is 1. The second-order valence-electron chi connectivity index (χ2n) is 7.03. The molecule has 1 unspecified atom stereocenters. The molecule has 0 aliphatic rings. The summed E-state index contributed by atoms with van der Waals surface area (Å²) >= 11 is 0. The maximum absolute atomic E-state index is 12.3. The van der Waals surface area contributed by atoms with E-state index >= 15 is 0 Å². The first-order valence-corrected chi connectivity index (χ1v) is 9.63. The van der Waals surface area contributed by atoms with Gasteiger partial charge in [0.05, 0.1) is 13.2 Å². The van der Waals surface area contributed by atoms with Crippen molar-refractivity contribution in [2.45, 2.75) is 32.2 Å². The summed E-state index contributed by atoms with van der Waals surface area (Å²) in [5, 5.41) is 2.95. The zero-order valence-electron chi connectivity index (χ0n) is 17.2. The smallest absolute Gasteiger partial charge is 0.220 e. The summed E-state index contributed by atoms with van der Waals surface area (Å²) in [6, 6.07) is 15.5. The number of nitrogens with zero attached hydrogens (tertiary/aromatic N) is 1. The normalized spacial score (nSPS) is 11.9. The molecule has 5 heteroatoms. The predicted molar refractivity (Wildman–Crippen MR) is 112 cm³/mol. The Hall–Kier alpha value is -2.66. The lowest BCUT2D eigenvalue weighted by Crippen LogP contribution is -2.34. The molecule has 0 heterocycles. The highest BCUT2D eigenvalue weighted by molar-refractivity contribution is 5.97. The van der Waals surface area contributed by atoms with Crippen molar-refractivity contribution in [1.82, 2.24) is 10.2 Å². The monoisotopic (exact) mass is 382 g/mol. The number of likely N-dealkylation sites (N-methyl/N-ethyl adjacent to an activating group) is 1. The number of amides is 1. The second-order valence-corrected chi connectivity index (χ2v) is 7.03. The van der Waals surface area contributed by atoms with Gasteiger partial charge in [0.25, 0.3) is 0 Å². The zero-order chi connectivity index (χ0) is 20.5. The van der Waals surface area contributed by atoms with E-state index in [9.17, 15) is 9.59 Å². The van der Waals surface area contributed by atoms with E-state index in [1.807, 2.05) is 62.6 Å². The molecule has 28 heavy (non-hydrogen) atoms. The van der Waals surface area contributed by atoms with E-state index in [2.05, 4.69) is 17.1 Å². The molecule has 0 aliphatic heterocycles. The Labute approximate surface area is 167 Å². The van der Waals surface area contributed by atoms with Gasteiger partial charge in [-0.25, -0.2) is 0 Å². The minimum atomic E-state index is -0.112. The van der Waals surface area contributed by atoms with Crippen LogP contribution in [0.1, 0.15) is 47.3 Å². The standard InChI is InChI=1S/C23H30N2O3/c1-5-17-6-8-19(9-7-17)22(26)14-15-23(27)24-16-21(25(2)3)18-10-12-20(28-4)13-11-18/h6-13,21H,5,14-16H2,1-4H3,(H,24,27). The van der Waals surface area contributed by atoms with Gasteiger partial charge in [-0.15, -0.1) is 0 Å². The van der Waals surface area contributed by atoms with Gasteiger partial charge in [0.1, 0.15) is 5.75 Å². The number of nitrogens with one attached hydrogen (secondary N) is 1. The SMILES string of the molecule is CCc1ccc(C(=O)CCC(=O)NCC(c2ccc(OC)cc2)N(C)C)cc1. The highest BCUT2D eigenvalue weighted by Gasteiger charge is 2.16.